The Hall–Kier alpha value is -0.370. The predicted octanol–water partition coefficient (Wildman–Crippen LogP) is 4.78. The molecule has 0 spiro atoms. The molecular weight excluding hydrogens is 304 g/mol. The molecule has 0 saturated heterocycles. The molecule has 0 aromatic rings. The van der Waals surface area contributed by atoms with Crippen LogP contribution in [-0.2, 0) is 0 Å². The Kier molecular flexibility index (Phi) is 2.66. The molecule has 8 bridgehead atoms. The minimum absolute atomic E-state index is 0.612. The van der Waals surface area contributed by atoms with E-state index in [1.54, 1.807) is 77.0 Å². The van der Waals surface area contributed by atoms with E-state index in [1.807, 2.05) is 0 Å². The van der Waals surface area contributed by atoms with Crippen LogP contribution in [0.3, 0.4) is 0 Å². The highest BCUT2D eigenvalue weighted by atomic mass is 15.5. The molecule has 1 aliphatic heterocycles. The van der Waals surface area contributed by atoms with E-state index >= 15 is 0 Å². The molecule has 8 saturated carbocycles. The van der Waals surface area contributed by atoms with E-state index in [1.165, 1.54) is 11.0 Å². The van der Waals surface area contributed by atoms with Gasteiger partial charge in [-0.1, -0.05) is 0 Å². The lowest BCUT2D eigenvalue weighted by molar-refractivity contribution is -0.945. The van der Waals surface area contributed by atoms with Crippen LogP contribution in [-0.4, -0.2) is 35.0 Å². The lowest BCUT2D eigenvalue weighted by atomic mass is 9.47. The maximum atomic E-state index is 5.00. The van der Waals surface area contributed by atoms with E-state index in [2.05, 4.69) is 6.34 Å². The maximum Gasteiger partial charge on any atom is 0.186 e. The molecule has 136 valence electrons. The van der Waals surface area contributed by atoms with Crippen LogP contribution in [0, 0.1) is 35.5 Å². The van der Waals surface area contributed by atoms with Crippen molar-refractivity contribution in [1.29, 1.82) is 0 Å². The van der Waals surface area contributed by atoms with Gasteiger partial charge in [0.1, 0.15) is 17.6 Å². The number of quaternary nitrogens is 1. The Bertz CT molecular complexity index is 517. The van der Waals surface area contributed by atoms with E-state index in [0.717, 1.165) is 42.1 Å². The van der Waals surface area contributed by atoms with Gasteiger partial charge in [-0.3, -0.25) is 4.48 Å². The predicted molar refractivity (Wildman–Crippen MR) is 100 cm³/mol. The molecule has 0 aromatic carbocycles. The average molecular weight is 340 g/mol. The van der Waals surface area contributed by atoms with Crippen molar-refractivity contribution in [2.45, 2.75) is 88.1 Å². The van der Waals surface area contributed by atoms with Crippen molar-refractivity contribution in [1.82, 2.24) is 0 Å². The van der Waals surface area contributed by atoms with Crippen molar-refractivity contribution < 1.29 is 4.48 Å². The highest BCUT2D eigenvalue weighted by Gasteiger charge is 2.71. The number of nitrogens with zero attached hydrogens (tertiary/aromatic N) is 2. The lowest BCUT2D eigenvalue weighted by Crippen LogP contribution is -2.79. The monoisotopic (exact) mass is 339 g/mol. The Morgan fingerprint density at radius 3 is 1.24 bits per heavy atom. The van der Waals surface area contributed by atoms with Crippen LogP contribution in [0.25, 0.3) is 0 Å². The molecule has 9 rings (SSSR count). The van der Waals surface area contributed by atoms with E-state index in [4.69, 9.17) is 4.99 Å². The Labute approximate surface area is 153 Å². The first-order valence-electron chi connectivity index (χ1n) is 11.6. The Morgan fingerprint density at radius 2 is 0.960 bits per heavy atom. The van der Waals surface area contributed by atoms with Gasteiger partial charge in [0.05, 0.1) is 6.54 Å². The van der Waals surface area contributed by atoms with Gasteiger partial charge in [0, 0.05) is 38.5 Å². The smallest absolute Gasteiger partial charge is 0.186 e. The molecule has 2 nitrogen and oxygen atoms in total. The highest BCUT2D eigenvalue weighted by molar-refractivity contribution is 5.51. The summed E-state index contributed by atoms with van der Waals surface area (Å²) >= 11 is 0. The molecule has 8 aliphatic carbocycles. The van der Waals surface area contributed by atoms with Crippen LogP contribution < -0.4 is 0 Å². The van der Waals surface area contributed by atoms with E-state index in [0.29, 0.717) is 11.1 Å². The van der Waals surface area contributed by atoms with Crippen molar-refractivity contribution in [3.63, 3.8) is 0 Å². The van der Waals surface area contributed by atoms with Gasteiger partial charge in [-0.2, -0.15) is 0 Å². The summed E-state index contributed by atoms with van der Waals surface area (Å²) in [6.45, 7) is 2.50. The van der Waals surface area contributed by atoms with Crippen molar-refractivity contribution >= 4 is 6.34 Å². The second kappa shape index (κ2) is 4.54. The van der Waals surface area contributed by atoms with Gasteiger partial charge in [-0.05, 0) is 74.0 Å². The van der Waals surface area contributed by atoms with Gasteiger partial charge in [-0.25, -0.2) is 4.99 Å². The average Bonchev–Trinajstić information content (AvgIpc) is 3.04. The summed E-state index contributed by atoms with van der Waals surface area (Å²) in [5, 5.41) is 0. The normalized spacial score (nSPS) is 63.7. The van der Waals surface area contributed by atoms with E-state index < -0.39 is 0 Å². The number of rotatable bonds is 2. The standard InChI is InChI=1S/C23H35N2/c1-2-25(15-24-1,22-9-16-3-17(10-22)5-18(4-16)11-22)23-12-19-6-20(13-23)8-21(7-19)14-23/h15-21H,1-14H2/q+1. The molecule has 0 radical (unpaired) electrons. The molecule has 25 heavy (non-hydrogen) atoms. The summed E-state index contributed by atoms with van der Waals surface area (Å²) in [5.41, 5.74) is 1.22. The fraction of sp³-hybridized carbons (Fsp3) is 0.957. The van der Waals surface area contributed by atoms with Crippen LogP contribution in [0.1, 0.15) is 77.0 Å². The summed E-state index contributed by atoms with van der Waals surface area (Å²) in [7, 11) is 0. The molecule has 9 aliphatic rings. The van der Waals surface area contributed by atoms with Crippen molar-refractivity contribution in [3.05, 3.63) is 0 Å². The minimum Gasteiger partial charge on any atom is -0.270 e. The molecular formula is C23H35N2+. The number of hydrogen-bond acceptors (Lipinski definition) is 1. The van der Waals surface area contributed by atoms with Crippen molar-refractivity contribution in [3.8, 4) is 0 Å². The van der Waals surface area contributed by atoms with Gasteiger partial charge >= 0.3 is 0 Å². The number of aliphatic imine (C=N–C) groups is 1. The molecule has 2 heteroatoms. The van der Waals surface area contributed by atoms with Gasteiger partial charge < -0.3 is 0 Å². The summed E-state index contributed by atoms with van der Waals surface area (Å²) in [5.74, 6) is 6.44. The summed E-state index contributed by atoms with van der Waals surface area (Å²) in [6.07, 6.45) is 21.4. The minimum atomic E-state index is 0.612. The summed E-state index contributed by atoms with van der Waals surface area (Å²) in [6, 6.07) is 0. The quantitative estimate of drug-likeness (QED) is 0.642. The molecule has 0 unspecified atom stereocenters. The fourth-order valence-electron chi connectivity index (χ4n) is 10.8. The summed E-state index contributed by atoms with van der Waals surface area (Å²) in [4.78, 5) is 5.00. The van der Waals surface area contributed by atoms with Crippen LogP contribution >= 0.6 is 0 Å². The largest absolute Gasteiger partial charge is 0.270 e. The maximum absolute atomic E-state index is 5.00. The van der Waals surface area contributed by atoms with Crippen LogP contribution in [0.2, 0.25) is 0 Å². The number of hydrogen-bond donors (Lipinski definition) is 0. The van der Waals surface area contributed by atoms with E-state index in [9.17, 15) is 0 Å². The second-order valence-electron chi connectivity index (χ2n) is 11.9. The van der Waals surface area contributed by atoms with Gasteiger partial charge in [-0.15, -0.1) is 0 Å². The molecule has 8 fully saturated rings. The molecule has 0 amide bonds. The van der Waals surface area contributed by atoms with Gasteiger partial charge in [0.2, 0.25) is 0 Å². The third-order valence-electron chi connectivity index (χ3n) is 10.6. The van der Waals surface area contributed by atoms with Crippen LogP contribution in [0.5, 0.6) is 0 Å². The van der Waals surface area contributed by atoms with Gasteiger partial charge in [0.25, 0.3) is 0 Å². The zero-order valence-electron chi connectivity index (χ0n) is 15.8. The van der Waals surface area contributed by atoms with Crippen LogP contribution in [0.15, 0.2) is 4.99 Å². The molecule has 0 N–H and O–H groups in total. The van der Waals surface area contributed by atoms with Crippen molar-refractivity contribution in [2.75, 3.05) is 13.1 Å². The third kappa shape index (κ3) is 1.70. The first kappa shape index (κ1) is 14.7. The Morgan fingerprint density at radius 1 is 0.600 bits per heavy atom. The first-order chi connectivity index (χ1) is 12.2. The highest BCUT2D eigenvalue weighted by Crippen LogP contribution is 2.67. The van der Waals surface area contributed by atoms with Crippen LogP contribution in [0.4, 0.5) is 0 Å². The topological polar surface area (TPSA) is 12.4 Å². The molecule has 1 heterocycles. The molecule has 0 atom stereocenters. The fourth-order valence-corrected chi connectivity index (χ4v) is 10.8. The first-order valence-corrected chi connectivity index (χ1v) is 11.6. The zero-order chi connectivity index (χ0) is 16.3. The summed E-state index contributed by atoms with van der Waals surface area (Å²) < 4.78 is 1.40. The molecule has 0 aromatic heterocycles. The zero-order valence-corrected chi connectivity index (χ0v) is 15.8. The second-order valence-corrected chi connectivity index (χ2v) is 11.9. The lowest BCUT2D eigenvalue weighted by Gasteiger charge is -2.70. The van der Waals surface area contributed by atoms with Crippen molar-refractivity contribution in [2.24, 2.45) is 40.5 Å². The van der Waals surface area contributed by atoms with Gasteiger partial charge in [0.15, 0.2) is 6.34 Å². The SMILES string of the molecule is C1=NCC[N+]1(C12CC3CC(CC(C3)C1)C2)C12CC3CC(CC(C3)C1)C2. The third-order valence-corrected chi connectivity index (χ3v) is 10.6. The Balaban J connectivity index is 1.37. The van der Waals surface area contributed by atoms with E-state index in [-0.39, 0.29) is 0 Å².